The van der Waals surface area contributed by atoms with E-state index in [2.05, 4.69) is 31.3 Å². The smallest absolute Gasteiger partial charge is 0.187 e. The van der Waals surface area contributed by atoms with Crippen LogP contribution in [0.1, 0.15) is 42.6 Å². The molecule has 0 aliphatic heterocycles. The fourth-order valence-corrected chi connectivity index (χ4v) is 3.38. The highest BCUT2D eigenvalue weighted by Gasteiger charge is 2.12. The highest BCUT2D eigenvalue weighted by atomic mass is 32.1. The van der Waals surface area contributed by atoms with Crippen LogP contribution < -0.4 is 10.1 Å². The van der Waals surface area contributed by atoms with Gasteiger partial charge in [0.1, 0.15) is 5.75 Å². The van der Waals surface area contributed by atoms with Gasteiger partial charge in [0.25, 0.3) is 0 Å². The number of methoxy groups -OCH3 is 1. The van der Waals surface area contributed by atoms with Crippen molar-refractivity contribution in [2.75, 3.05) is 12.4 Å². The lowest BCUT2D eigenvalue weighted by Gasteiger charge is -2.11. The van der Waals surface area contributed by atoms with Crippen LogP contribution in [0, 0.1) is 0 Å². The van der Waals surface area contributed by atoms with Crippen molar-refractivity contribution in [1.82, 2.24) is 4.98 Å². The zero-order valence-electron chi connectivity index (χ0n) is 15.4. The predicted octanol–water partition coefficient (Wildman–Crippen LogP) is 5.89. The standard InChI is InChI=1S/C21H22N2O2S/c1-13(2)16-7-10-20(25-4)18(11-16)19-12-26-21(23-19)22-17-8-5-15(6-9-17)14(3)24/h5-13H,1-4H3,(H,22,23). The second kappa shape index (κ2) is 7.70. The molecule has 1 heterocycles. The molecular formula is C21H22N2O2S. The number of ether oxygens (including phenoxy) is 1. The summed E-state index contributed by atoms with van der Waals surface area (Å²) in [5.74, 6) is 1.32. The van der Waals surface area contributed by atoms with E-state index in [0.717, 1.165) is 27.8 Å². The van der Waals surface area contributed by atoms with Crippen LogP contribution in [-0.4, -0.2) is 17.9 Å². The molecule has 3 rings (SSSR count). The van der Waals surface area contributed by atoms with Gasteiger partial charge in [-0.15, -0.1) is 11.3 Å². The van der Waals surface area contributed by atoms with Crippen molar-refractivity contribution in [2.45, 2.75) is 26.7 Å². The lowest BCUT2D eigenvalue weighted by Crippen LogP contribution is -1.95. The quantitative estimate of drug-likeness (QED) is 0.553. The van der Waals surface area contributed by atoms with Gasteiger partial charge in [-0.3, -0.25) is 4.79 Å². The molecule has 0 amide bonds. The molecule has 0 spiro atoms. The summed E-state index contributed by atoms with van der Waals surface area (Å²) < 4.78 is 5.51. The predicted molar refractivity (Wildman–Crippen MR) is 108 cm³/mol. The zero-order valence-corrected chi connectivity index (χ0v) is 16.2. The van der Waals surface area contributed by atoms with Gasteiger partial charge in [0, 0.05) is 22.2 Å². The first kappa shape index (κ1) is 18.1. The summed E-state index contributed by atoms with van der Waals surface area (Å²) in [7, 11) is 1.68. The Morgan fingerprint density at radius 1 is 1.15 bits per heavy atom. The molecule has 2 aromatic carbocycles. The van der Waals surface area contributed by atoms with Crippen LogP contribution in [0.25, 0.3) is 11.3 Å². The van der Waals surface area contributed by atoms with E-state index >= 15 is 0 Å². The number of aromatic nitrogens is 1. The Labute approximate surface area is 157 Å². The Morgan fingerprint density at radius 3 is 2.50 bits per heavy atom. The molecule has 0 bridgehead atoms. The summed E-state index contributed by atoms with van der Waals surface area (Å²) in [5, 5.41) is 6.11. The number of nitrogens with zero attached hydrogens (tertiary/aromatic N) is 1. The van der Waals surface area contributed by atoms with E-state index in [1.807, 2.05) is 35.7 Å². The molecule has 134 valence electrons. The third-order valence-electron chi connectivity index (χ3n) is 4.21. The lowest BCUT2D eigenvalue weighted by molar-refractivity contribution is 0.101. The van der Waals surface area contributed by atoms with Gasteiger partial charge >= 0.3 is 0 Å². The van der Waals surface area contributed by atoms with E-state index in [0.29, 0.717) is 11.5 Å². The Bertz CT molecular complexity index is 914. The third kappa shape index (κ3) is 3.94. The highest BCUT2D eigenvalue weighted by Crippen LogP contribution is 2.35. The SMILES string of the molecule is COc1ccc(C(C)C)cc1-c1csc(Nc2ccc(C(C)=O)cc2)n1. The van der Waals surface area contributed by atoms with Gasteiger partial charge in [-0.1, -0.05) is 19.9 Å². The van der Waals surface area contributed by atoms with Crippen molar-refractivity contribution in [1.29, 1.82) is 0 Å². The monoisotopic (exact) mass is 366 g/mol. The van der Waals surface area contributed by atoms with Gasteiger partial charge in [-0.25, -0.2) is 4.98 Å². The Hall–Kier alpha value is -2.66. The molecule has 0 saturated carbocycles. The van der Waals surface area contributed by atoms with Gasteiger partial charge in [0.15, 0.2) is 10.9 Å². The number of benzene rings is 2. The van der Waals surface area contributed by atoms with Crippen molar-refractivity contribution in [3.8, 4) is 17.0 Å². The molecular weight excluding hydrogens is 344 g/mol. The molecule has 1 aromatic heterocycles. The molecule has 0 saturated heterocycles. The first-order valence-corrected chi connectivity index (χ1v) is 9.37. The van der Waals surface area contributed by atoms with Gasteiger partial charge in [-0.2, -0.15) is 0 Å². The van der Waals surface area contributed by atoms with E-state index in [1.165, 1.54) is 16.9 Å². The third-order valence-corrected chi connectivity index (χ3v) is 4.97. The molecule has 0 radical (unpaired) electrons. The van der Waals surface area contributed by atoms with Crippen molar-refractivity contribution in [2.24, 2.45) is 0 Å². The van der Waals surface area contributed by atoms with Crippen LogP contribution in [0.3, 0.4) is 0 Å². The van der Waals surface area contributed by atoms with E-state index in [1.54, 1.807) is 14.0 Å². The second-order valence-electron chi connectivity index (χ2n) is 6.41. The summed E-state index contributed by atoms with van der Waals surface area (Å²) in [6.07, 6.45) is 0. The molecule has 4 nitrogen and oxygen atoms in total. The minimum absolute atomic E-state index is 0.0604. The largest absolute Gasteiger partial charge is 0.496 e. The number of carbonyl (C=O) groups excluding carboxylic acids is 1. The second-order valence-corrected chi connectivity index (χ2v) is 7.27. The Balaban J connectivity index is 1.85. The van der Waals surface area contributed by atoms with Gasteiger partial charge in [0.2, 0.25) is 0 Å². The Kier molecular flexibility index (Phi) is 5.38. The van der Waals surface area contributed by atoms with Gasteiger partial charge in [0.05, 0.1) is 12.8 Å². The maximum atomic E-state index is 11.4. The summed E-state index contributed by atoms with van der Waals surface area (Å²) in [5.41, 5.74) is 4.74. The van der Waals surface area contributed by atoms with Crippen LogP contribution in [-0.2, 0) is 0 Å². The van der Waals surface area contributed by atoms with Crippen LogP contribution in [0.5, 0.6) is 5.75 Å². The highest BCUT2D eigenvalue weighted by molar-refractivity contribution is 7.14. The number of hydrogen-bond acceptors (Lipinski definition) is 5. The lowest BCUT2D eigenvalue weighted by atomic mass is 9.99. The molecule has 0 fully saturated rings. The number of Topliss-reactive ketones (excluding diaryl/α,β-unsaturated/α-hetero) is 1. The number of nitrogens with one attached hydrogen (secondary N) is 1. The van der Waals surface area contributed by atoms with Gasteiger partial charge < -0.3 is 10.1 Å². The van der Waals surface area contributed by atoms with Gasteiger partial charge in [-0.05, 0) is 54.8 Å². The molecule has 0 aliphatic carbocycles. The molecule has 0 aliphatic rings. The average Bonchev–Trinajstić information content (AvgIpc) is 3.09. The summed E-state index contributed by atoms with van der Waals surface area (Å²) in [4.78, 5) is 16.1. The number of carbonyl (C=O) groups is 1. The van der Waals surface area contributed by atoms with Crippen LogP contribution in [0.15, 0.2) is 47.8 Å². The first-order chi connectivity index (χ1) is 12.5. The number of anilines is 2. The zero-order chi connectivity index (χ0) is 18.7. The first-order valence-electron chi connectivity index (χ1n) is 8.49. The maximum Gasteiger partial charge on any atom is 0.187 e. The van der Waals surface area contributed by atoms with Crippen LogP contribution >= 0.6 is 11.3 Å². The fraction of sp³-hybridized carbons (Fsp3) is 0.238. The maximum absolute atomic E-state index is 11.4. The molecule has 1 N–H and O–H groups in total. The minimum atomic E-state index is 0.0604. The molecule has 26 heavy (non-hydrogen) atoms. The van der Waals surface area contributed by atoms with E-state index in [-0.39, 0.29) is 5.78 Å². The van der Waals surface area contributed by atoms with Crippen molar-refractivity contribution < 1.29 is 9.53 Å². The number of rotatable bonds is 6. The molecule has 0 unspecified atom stereocenters. The molecule has 0 atom stereocenters. The molecule has 3 aromatic rings. The van der Waals surface area contributed by atoms with Crippen molar-refractivity contribution in [3.05, 3.63) is 59.0 Å². The number of ketones is 1. The number of hydrogen-bond donors (Lipinski definition) is 1. The van der Waals surface area contributed by atoms with Crippen LogP contribution in [0.4, 0.5) is 10.8 Å². The normalized spacial score (nSPS) is 10.8. The van der Waals surface area contributed by atoms with Crippen molar-refractivity contribution in [3.63, 3.8) is 0 Å². The number of thiazole rings is 1. The summed E-state index contributed by atoms with van der Waals surface area (Å²) in [6.45, 7) is 5.91. The molecule has 5 heteroatoms. The summed E-state index contributed by atoms with van der Waals surface area (Å²) in [6, 6.07) is 13.6. The van der Waals surface area contributed by atoms with E-state index in [4.69, 9.17) is 9.72 Å². The topological polar surface area (TPSA) is 51.2 Å². The van der Waals surface area contributed by atoms with E-state index < -0.39 is 0 Å². The Morgan fingerprint density at radius 2 is 1.88 bits per heavy atom. The van der Waals surface area contributed by atoms with E-state index in [9.17, 15) is 4.79 Å². The average molecular weight is 366 g/mol. The minimum Gasteiger partial charge on any atom is -0.496 e. The van der Waals surface area contributed by atoms with Crippen LogP contribution in [0.2, 0.25) is 0 Å². The fourth-order valence-electron chi connectivity index (χ4n) is 2.65. The summed E-state index contributed by atoms with van der Waals surface area (Å²) >= 11 is 1.54. The van der Waals surface area contributed by atoms with Crippen molar-refractivity contribution >= 4 is 27.9 Å².